The first kappa shape index (κ1) is 18.0. The van der Waals surface area contributed by atoms with Crippen LogP contribution in [0.1, 0.15) is 23.4 Å². The zero-order valence-electron chi connectivity index (χ0n) is 15.9. The van der Waals surface area contributed by atoms with Crippen molar-refractivity contribution in [1.82, 2.24) is 19.8 Å². The summed E-state index contributed by atoms with van der Waals surface area (Å²) in [7, 11) is 2.19. The molecule has 0 unspecified atom stereocenters. The van der Waals surface area contributed by atoms with E-state index in [1.807, 2.05) is 13.0 Å². The number of hydrogen-bond acceptors (Lipinski definition) is 4. The number of nitrogens with one attached hydrogen (secondary N) is 1. The molecule has 0 atom stereocenters. The third-order valence-corrected chi connectivity index (χ3v) is 5.06. The van der Waals surface area contributed by atoms with Crippen LogP contribution in [0.25, 0.3) is 11.4 Å². The Kier molecular flexibility index (Phi) is 5.76. The Labute approximate surface area is 151 Å². The Hall–Kier alpha value is -1.85. The zero-order valence-corrected chi connectivity index (χ0v) is 15.9. The average molecular weight is 342 g/mol. The minimum atomic E-state index is 0.768. The van der Waals surface area contributed by atoms with Crippen molar-refractivity contribution in [3.8, 4) is 17.1 Å². The molecule has 3 rings (SSSR count). The Bertz CT molecular complexity index is 682. The zero-order chi connectivity index (χ0) is 17.8. The first-order chi connectivity index (χ1) is 12.0. The van der Waals surface area contributed by atoms with Crippen molar-refractivity contribution in [3.05, 3.63) is 35.2 Å². The van der Waals surface area contributed by atoms with Crippen molar-refractivity contribution in [1.29, 1.82) is 0 Å². The lowest BCUT2D eigenvalue weighted by molar-refractivity contribution is 0.145. The van der Waals surface area contributed by atoms with E-state index in [2.05, 4.69) is 52.8 Å². The molecule has 1 aliphatic rings. The third-order valence-electron chi connectivity index (χ3n) is 5.06. The van der Waals surface area contributed by atoms with Gasteiger partial charge in [-0.3, -0.25) is 0 Å². The molecule has 5 nitrogen and oxygen atoms in total. The lowest BCUT2D eigenvalue weighted by Crippen LogP contribution is -2.44. The Morgan fingerprint density at radius 2 is 1.88 bits per heavy atom. The second kappa shape index (κ2) is 8.02. The van der Waals surface area contributed by atoms with Crippen molar-refractivity contribution in [2.75, 3.05) is 46.4 Å². The van der Waals surface area contributed by atoms with Gasteiger partial charge in [0.05, 0.1) is 12.3 Å². The summed E-state index contributed by atoms with van der Waals surface area (Å²) < 4.78 is 5.95. The van der Waals surface area contributed by atoms with Crippen LogP contribution in [0, 0.1) is 20.8 Å². The Balaban J connectivity index is 1.49. The highest BCUT2D eigenvalue weighted by molar-refractivity contribution is 5.62. The quantitative estimate of drug-likeness (QED) is 0.820. The molecule has 2 heterocycles. The van der Waals surface area contributed by atoms with E-state index >= 15 is 0 Å². The fourth-order valence-corrected chi connectivity index (χ4v) is 3.22. The normalized spacial score (nSPS) is 16.3. The minimum absolute atomic E-state index is 0.768. The van der Waals surface area contributed by atoms with E-state index in [1.54, 1.807) is 0 Å². The molecule has 1 fully saturated rings. The van der Waals surface area contributed by atoms with Gasteiger partial charge in [-0.1, -0.05) is 0 Å². The summed E-state index contributed by atoms with van der Waals surface area (Å²) in [6, 6.07) is 6.26. The second-order valence-electron chi connectivity index (χ2n) is 7.12. The minimum Gasteiger partial charge on any atom is -0.494 e. The average Bonchev–Trinajstić information content (AvgIpc) is 2.92. The molecule has 1 saturated heterocycles. The van der Waals surface area contributed by atoms with Gasteiger partial charge in [0.1, 0.15) is 11.6 Å². The fourth-order valence-electron chi connectivity index (χ4n) is 3.22. The fraction of sp³-hybridized carbons (Fsp3) is 0.550. The molecule has 0 spiro atoms. The molecular weight excluding hydrogens is 312 g/mol. The van der Waals surface area contributed by atoms with Crippen LogP contribution >= 0.6 is 0 Å². The van der Waals surface area contributed by atoms with Crippen molar-refractivity contribution >= 4 is 0 Å². The largest absolute Gasteiger partial charge is 0.494 e. The van der Waals surface area contributed by atoms with E-state index in [9.17, 15) is 0 Å². The van der Waals surface area contributed by atoms with Gasteiger partial charge in [0.2, 0.25) is 0 Å². The maximum atomic E-state index is 5.95. The van der Waals surface area contributed by atoms with Crippen LogP contribution in [0.4, 0.5) is 0 Å². The molecule has 0 radical (unpaired) electrons. The molecule has 0 aliphatic carbocycles. The lowest BCUT2D eigenvalue weighted by atomic mass is 10.1. The van der Waals surface area contributed by atoms with Crippen molar-refractivity contribution in [3.63, 3.8) is 0 Å². The number of ether oxygens (including phenoxy) is 1. The molecule has 136 valence electrons. The first-order valence-electron chi connectivity index (χ1n) is 9.21. The molecule has 2 aromatic rings. The first-order valence-corrected chi connectivity index (χ1v) is 9.21. The predicted molar refractivity (Wildman–Crippen MR) is 102 cm³/mol. The molecule has 0 bridgehead atoms. The molecule has 0 amide bonds. The number of benzene rings is 1. The van der Waals surface area contributed by atoms with E-state index in [-0.39, 0.29) is 0 Å². The summed E-state index contributed by atoms with van der Waals surface area (Å²) in [6.45, 7) is 12.8. The number of H-pyrrole nitrogens is 1. The summed E-state index contributed by atoms with van der Waals surface area (Å²) in [4.78, 5) is 12.9. The topological polar surface area (TPSA) is 44.4 Å². The number of aromatic nitrogens is 2. The molecule has 1 aromatic carbocycles. The maximum absolute atomic E-state index is 5.95. The summed E-state index contributed by atoms with van der Waals surface area (Å²) in [6.07, 6.45) is 1.07. The maximum Gasteiger partial charge on any atom is 0.138 e. The standard InChI is InChI=1S/C20H30N4O/c1-15-14-18(6-7-19(15)20-21-16(2)17(3)22-20)25-13-5-8-24-11-9-23(4)10-12-24/h6-7,14H,5,8-13H2,1-4H3,(H,21,22). The monoisotopic (exact) mass is 342 g/mol. The highest BCUT2D eigenvalue weighted by Gasteiger charge is 2.13. The van der Waals surface area contributed by atoms with Crippen LogP contribution in [0.2, 0.25) is 0 Å². The molecule has 1 aromatic heterocycles. The number of aryl methyl sites for hydroxylation is 3. The number of piperazine rings is 1. The SMILES string of the molecule is Cc1cc(OCCCN2CCN(C)CC2)ccc1-c1nc(C)c(C)[nH]1. The number of imidazole rings is 1. The van der Waals surface area contributed by atoms with E-state index < -0.39 is 0 Å². The van der Waals surface area contributed by atoms with Gasteiger partial charge in [-0.2, -0.15) is 0 Å². The smallest absolute Gasteiger partial charge is 0.138 e. The number of aromatic amines is 1. The number of rotatable bonds is 6. The summed E-state index contributed by atoms with van der Waals surface area (Å²) in [5.74, 6) is 1.88. The summed E-state index contributed by atoms with van der Waals surface area (Å²) >= 11 is 0. The van der Waals surface area contributed by atoms with Gasteiger partial charge in [-0.25, -0.2) is 4.98 Å². The summed E-state index contributed by atoms with van der Waals surface area (Å²) in [5.41, 5.74) is 4.50. The van der Waals surface area contributed by atoms with Gasteiger partial charge < -0.3 is 19.5 Å². The molecular formula is C20H30N4O. The molecule has 0 saturated carbocycles. The van der Waals surface area contributed by atoms with Gasteiger partial charge in [-0.05, 0) is 58.0 Å². The third kappa shape index (κ3) is 4.61. The number of nitrogens with zero attached hydrogens (tertiary/aromatic N) is 3. The van der Waals surface area contributed by atoms with E-state index in [1.165, 1.54) is 31.7 Å². The van der Waals surface area contributed by atoms with Gasteiger partial charge in [0.25, 0.3) is 0 Å². The lowest BCUT2D eigenvalue weighted by Gasteiger charge is -2.32. The highest BCUT2D eigenvalue weighted by atomic mass is 16.5. The van der Waals surface area contributed by atoms with Crippen LogP contribution < -0.4 is 4.74 Å². The van der Waals surface area contributed by atoms with Gasteiger partial charge in [0.15, 0.2) is 0 Å². The number of likely N-dealkylation sites (N-methyl/N-ethyl adjacent to an activating group) is 1. The van der Waals surface area contributed by atoms with Crippen molar-refractivity contribution in [2.45, 2.75) is 27.2 Å². The van der Waals surface area contributed by atoms with Crippen molar-refractivity contribution < 1.29 is 4.74 Å². The molecule has 5 heteroatoms. The highest BCUT2D eigenvalue weighted by Crippen LogP contribution is 2.25. The molecule has 1 aliphatic heterocycles. The number of hydrogen-bond donors (Lipinski definition) is 1. The predicted octanol–water partition coefficient (Wildman–Crippen LogP) is 3.02. The Morgan fingerprint density at radius 1 is 1.12 bits per heavy atom. The van der Waals surface area contributed by atoms with E-state index in [0.29, 0.717) is 0 Å². The Morgan fingerprint density at radius 3 is 2.52 bits per heavy atom. The van der Waals surface area contributed by atoms with E-state index in [4.69, 9.17) is 4.74 Å². The van der Waals surface area contributed by atoms with Crippen LogP contribution in [0.5, 0.6) is 5.75 Å². The second-order valence-corrected chi connectivity index (χ2v) is 7.12. The van der Waals surface area contributed by atoms with Crippen LogP contribution in [0.15, 0.2) is 18.2 Å². The molecule has 1 N–H and O–H groups in total. The van der Waals surface area contributed by atoms with Crippen LogP contribution in [-0.2, 0) is 0 Å². The van der Waals surface area contributed by atoms with Gasteiger partial charge in [0, 0.05) is 44.0 Å². The van der Waals surface area contributed by atoms with Crippen molar-refractivity contribution in [2.24, 2.45) is 0 Å². The van der Waals surface area contributed by atoms with Gasteiger partial charge in [-0.15, -0.1) is 0 Å². The van der Waals surface area contributed by atoms with Crippen LogP contribution in [-0.4, -0.2) is 66.1 Å². The molecule has 25 heavy (non-hydrogen) atoms. The van der Waals surface area contributed by atoms with Gasteiger partial charge >= 0.3 is 0 Å². The van der Waals surface area contributed by atoms with Crippen LogP contribution in [0.3, 0.4) is 0 Å². The summed E-state index contributed by atoms with van der Waals surface area (Å²) in [5, 5.41) is 0. The van der Waals surface area contributed by atoms with E-state index in [0.717, 1.165) is 48.1 Å².